The van der Waals surface area contributed by atoms with Crippen LogP contribution in [0, 0.1) is 0 Å². The quantitative estimate of drug-likeness (QED) is 0.488. The summed E-state index contributed by atoms with van der Waals surface area (Å²) in [6, 6.07) is 9.76. The second-order valence-electron chi connectivity index (χ2n) is 6.62. The SMILES string of the molecule is CCCCNc1nc(C(=O)N(CCC(=O)NCCOC)Cc2ccccc2)cs1. The largest absolute Gasteiger partial charge is 0.383 e. The topological polar surface area (TPSA) is 83.6 Å². The summed E-state index contributed by atoms with van der Waals surface area (Å²) in [6.07, 6.45) is 2.39. The van der Waals surface area contributed by atoms with Gasteiger partial charge in [-0.2, -0.15) is 0 Å². The van der Waals surface area contributed by atoms with Crippen molar-refractivity contribution in [1.82, 2.24) is 15.2 Å². The van der Waals surface area contributed by atoms with E-state index in [4.69, 9.17) is 4.74 Å². The molecule has 0 aliphatic heterocycles. The number of amides is 2. The van der Waals surface area contributed by atoms with Gasteiger partial charge in [-0.25, -0.2) is 4.98 Å². The van der Waals surface area contributed by atoms with E-state index >= 15 is 0 Å². The van der Waals surface area contributed by atoms with Crippen LogP contribution in [0.4, 0.5) is 5.13 Å². The monoisotopic (exact) mass is 418 g/mol. The minimum absolute atomic E-state index is 0.104. The first-order chi connectivity index (χ1) is 14.1. The molecule has 0 atom stereocenters. The zero-order valence-corrected chi connectivity index (χ0v) is 18.0. The van der Waals surface area contributed by atoms with Crippen molar-refractivity contribution in [3.8, 4) is 0 Å². The molecule has 29 heavy (non-hydrogen) atoms. The molecule has 7 nitrogen and oxygen atoms in total. The zero-order chi connectivity index (χ0) is 20.9. The predicted octanol–water partition coefficient (Wildman–Crippen LogP) is 3.15. The summed E-state index contributed by atoms with van der Waals surface area (Å²) in [7, 11) is 1.59. The number of nitrogens with zero attached hydrogens (tertiary/aromatic N) is 2. The summed E-state index contributed by atoms with van der Waals surface area (Å²) in [6.45, 7) is 4.65. The average molecular weight is 419 g/mol. The maximum Gasteiger partial charge on any atom is 0.273 e. The standard InChI is InChI=1S/C21H30N4O3S/c1-3-4-11-23-21-24-18(16-29-21)20(27)25(15-17-8-6-5-7-9-17)13-10-19(26)22-12-14-28-2/h5-9,16H,3-4,10-15H2,1-2H3,(H,22,26)(H,23,24). The van der Waals surface area contributed by atoms with Crippen LogP contribution in [-0.4, -0.2) is 55.0 Å². The Morgan fingerprint density at radius 1 is 1.21 bits per heavy atom. The molecule has 1 aromatic carbocycles. The zero-order valence-electron chi connectivity index (χ0n) is 17.1. The van der Waals surface area contributed by atoms with Crippen molar-refractivity contribution < 1.29 is 14.3 Å². The second kappa shape index (κ2) is 12.9. The summed E-state index contributed by atoms with van der Waals surface area (Å²) in [4.78, 5) is 31.2. The van der Waals surface area contributed by atoms with Gasteiger partial charge < -0.3 is 20.3 Å². The van der Waals surface area contributed by atoms with Crippen molar-refractivity contribution in [3.05, 3.63) is 47.0 Å². The first-order valence-electron chi connectivity index (χ1n) is 9.92. The Morgan fingerprint density at radius 2 is 2.00 bits per heavy atom. The lowest BCUT2D eigenvalue weighted by atomic mass is 10.2. The molecule has 1 aromatic heterocycles. The van der Waals surface area contributed by atoms with Gasteiger partial charge in [0.15, 0.2) is 5.13 Å². The highest BCUT2D eigenvalue weighted by Gasteiger charge is 2.20. The van der Waals surface area contributed by atoms with Gasteiger partial charge in [-0.3, -0.25) is 9.59 Å². The van der Waals surface area contributed by atoms with E-state index in [2.05, 4.69) is 22.5 Å². The molecule has 0 aliphatic rings. The van der Waals surface area contributed by atoms with Crippen LogP contribution in [0.1, 0.15) is 42.2 Å². The van der Waals surface area contributed by atoms with Gasteiger partial charge >= 0.3 is 0 Å². The average Bonchev–Trinajstić information content (AvgIpc) is 3.20. The molecule has 0 fully saturated rings. The molecule has 0 unspecified atom stereocenters. The highest BCUT2D eigenvalue weighted by molar-refractivity contribution is 7.13. The Hall–Kier alpha value is -2.45. The number of aromatic nitrogens is 1. The molecule has 1 heterocycles. The maximum atomic E-state index is 13.1. The third kappa shape index (κ3) is 8.21. The van der Waals surface area contributed by atoms with Gasteiger partial charge in [-0.1, -0.05) is 43.7 Å². The fourth-order valence-electron chi connectivity index (χ4n) is 2.66. The number of benzene rings is 1. The Balaban J connectivity index is 2.01. The fraction of sp³-hybridized carbons (Fsp3) is 0.476. The van der Waals surface area contributed by atoms with Crippen LogP contribution in [0.5, 0.6) is 0 Å². The highest BCUT2D eigenvalue weighted by Crippen LogP contribution is 2.18. The molecular formula is C21H30N4O3S. The fourth-order valence-corrected chi connectivity index (χ4v) is 3.37. The number of nitrogens with one attached hydrogen (secondary N) is 2. The van der Waals surface area contributed by atoms with Crippen LogP contribution in [0.3, 0.4) is 0 Å². The van der Waals surface area contributed by atoms with Crippen LogP contribution < -0.4 is 10.6 Å². The van der Waals surface area contributed by atoms with Crippen LogP contribution in [0.15, 0.2) is 35.7 Å². The van der Waals surface area contributed by atoms with Crippen molar-refractivity contribution in [2.75, 3.05) is 38.7 Å². The summed E-state index contributed by atoms with van der Waals surface area (Å²) in [5.74, 6) is -0.272. The van der Waals surface area contributed by atoms with Gasteiger partial charge in [-0.15, -0.1) is 11.3 Å². The summed E-state index contributed by atoms with van der Waals surface area (Å²) < 4.78 is 4.94. The number of anilines is 1. The number of hydrogen-bond donors (Lipinski definition) is 2. The highest BCUT2D eigenvalue weighted by atomic mass is 32.1. The smallest absolute Gasteiger partial charge is 0.273 e. The number of rotatable bonds is 13. The summed E-state index contributed by atoms with van der Waals surface area (Å²) >= 11 is 1.43. The lowest BCUT2D eigenvalue weighted by Crippen LogP contribution is -2.35. The molecule has 0 aliphatic carbocycles. The molecule has 0 saturated heterocycles. The number of thiazole rings is 1. The molecule has 0 spiro atoms. The molecule has 8 heteroatoms. The predicted molar refractivity (Wildman–Crippen MR) is 116 cm³/mol. The molecule has 2 N–H and O–H groups in total. The van der Waals surface area contributed by atoms with Gasteiger partial charge in [0.05, 0.1) is 6.61 Å². The van der Waals surface area contributed by atoms with E-state index in [0.29, 0.717) is 31.9 Å². The molecule has 2 aromatic rings. The first kappa shape index (κ1) is 22.8. The summed E-state index contributed by atoms with van der Waals surface area (Å²) in [5.41, 5.74) is 1.42. The Labute approximate surface area is 176 Å². The van der Waals surface area contributed by atoms with Gasteiger partial charge in [0.25, 0.3) is 5.91 Å². The van der Waals surface area contributed by atoms with Gasteiger partial charge in [0, 0.05) is 45.1 Å². The van der Waals surface area contributed by atoms with E-state index in [1.165, 1.54) is 11.3 Å². The van der Waals surface area contributed by atoms with E-state index in [9.17, 15) is 9.59 Å². The minimum Gasteiger partial charge on any atom is -0.383 e. The van der Waals surface area contributed by atoms with Crippen LogP contribution in [0.2, 0.25) is 0 Å². The first-order valence-corrected chi connectivity index (χ1v) is 10.8. The number of hydrogen-bond acceptors (Lipinski definition) is 6. The molecule has 2 rings (SSSR count). The lowest BCUT2D eigenvalue weighted by molar-refractivity contribution is -0.121. The van der Waals surface area contributed by atoms with Crippen molar-refractivity contribution in [2.45, 2.75) is 32.7 Å². The van der Waals surface area contributed by atoms with Gasteiger partial charge in [-0.05, 0) is 12.0 Å². The number of carbonyl (C=O) groups is 2. The number of ether oxygens (including phenoxy) is 1. The minimum atomic E-state index is -0.168. The number of methoxy groups -OCH3 is 1. The number of carbonyl (C=O) groups excluding carboxylic acids is 2. The third-order valence-electron chi connectivity index (χ3n) is 4.27. The Kier molecular flexibility index (Phi) is 10.2. The number of unbranched alkanes of at least 4 members (excludes halogenated alkanes) is 1. The van der Waals surface area contributed by atoms with Gasteiger partial charge in [0.2, 0.25) is 5.91 Å². The molecule has 2 amide bonds. The maximum absolute atomic E-state index is 13.1. The molecular weight excluding hydrogens is 388 g/mol. The Bertz CT molecular complexity index is 751. The lowest BCUT2D eigenvalue weighted by Gasteiger charge is -2.22. The van der Waals surface area contributed by atoms with E-state index in [0.717, 1.165) is 30.1 Å². The van der Waals surface area contributed by atoms with E-state index < -0.39 is 0 Å². The van der Waals surface area contributed by atoms with Crippen LogP contribution in [0.25, 0.3) is 0 Å². The summed E-state index contributed by atoms with van der Waals surface area (Å²) in [5, 5.41) is 8.56. The molecule has 0 bridgehead atoms. The molecule has 0 radical (unpaired) electrons. The van der Waals surface area contributed by atoms with Crippen molar-refractivity contribution >= 4 is 28.3 Å². The van der Waals surface area contributed by atoms with Crippen molar-refractivity contribution in [3.63, 3.8) is 0 Å². The van der Waals surface area contributed by atoms with Crippen molar-refractivity contribution in [2.24, 2.45) is 0 Å². The Morgan fingerprint density at radius 3 is 2.72 bits per heavy atom. The molecule has 158 valence electrons. The third-order valence-corrected chi connectivity index (χ3v) is 5.07. The van der Waals surface area contributed by atoms with Crippen LogP contribution >= 0.6 is 11.3 Å². The molecule has 0 saturated carbocycles. The van der Waals surface area contributed by atoms with E-state index in [1.807, 2.05) is 30.3 Å². The van der Waals surface area contributed by atoms with Crippen molar-refractivity contribution in [1.29, 1.82) is 0 Å². The normalized spacial score (nSPS) is 10.6. The van der Waals surface area contributed by atoms with Crippen LogP contribution in [-0.2, 0) is 16.1 Å². The van der Waals surface area contributed by atoms with Gasteiger partial charge in [0.1, 0.15) is 5.69 Å². The van der Waals surface area contributed by atoms with E-state index in [1.54, 1.807) is 17.4 Å². The second-order valence-corrected chi connectivity index (χ2v) is 7.48. The van der Waals surface area contributed by atoms with E-state index in [-0.39, 0.29) is 18.2 Å².